The maximum absolute atomic E-state index is 13.0. The number of hydrogen-bond donors (Lipinski definition) is 1. The van der Waals surface area contributed by atoms with Crippen molar-refractivity contribution in [1.82, 2.24) is 9.80 Å². The second-order valence-electron chi connectivity index (χ2n) is 6.66. The van der Waals surface area contributed by atoms with E-state index in [-0.39, 0.29) is 17.7 Å². The van der Waals surface area contributed by atoms with Crippen LogP contribution in [0.5, 0.6) is 0 Å². The Morgan fingerprint density at radius 3 is 2.36 bits per heavy atom. The van der Waals surface area contributed by atoms with Crippen molar-refractivity contribution >= 4 is 17.7 Å². The predicted molar refractivity (Wildman–Crippen MR) is 93.2 cm³/mol. The number of nitrogens with two attached hydrogens (primary N) is 1. The van der Waals surface area contributed by atoms with Crippen molar-refractivity contribution < 1.29 is 14.4 Å². The summed E-state index contributed by atoms with van der Waals surface area (Å²) < 4.78 is 0. The molecule has 0 aromatic heterocycles. The first-order chi connectivity index (χ1) is 12.0. The van der Waals surface area contributed by atoms with Gasteiger partial charge in [0.2, 0.25) is 17.7 Å². The van der Waals surface area contributed by atoms with Gasteiger partial charge in [-0.25, -0.2) is 0 Å². The Labute approximate surface area is 147 Å². The Bertz CT molecular complexity index is 708. The van der Waals surface area contributed by atoms with Crippen LogP contribution in [0.25, 0.3) is 0 Å². The minimum atomic E-state index is -0.602. The van der Waals surface area contributed by atoms with Crippen LogP contribution in [-0.2, 0) is 27.3 Å². The molecular weight excluding hydrogens is 318 g/mol. The van der Waals surface area contributed by atoms with Crippen LogP contribution in [-0.4, -0.2) is 46.7 Å². The predicted octanol–water partition coefficient (Wildman–Crippen LogP) is 0.850. The smallest absolute Gasteiger partial charge is 0.245 e. The maximum atomic E-state index is 13.0. The summed E-state index contributed by atoms with van der Waals surface area (Å²) in [5.41, 5.74) is 7.70. The lowest BCUT2D eigenvalue weighted by Gasteiger charge is -2.39. The molecule has 2 N–H and O–H groups in total. The summed E-state index contributed by atoms with van der Waals surface area (Å²) >= 11 is 0. The molecule has 1 aromatic carbocycles. The van der Waals surface area contributed by atoms with E-state index in [4.69, 9.17) is 5.73 Å². The third-order valence-corrected chi connectivity index (χ3v) is 5.19. The van der Waals surface area contributed by atoms with Crippen LogP contribution >= 0.6 is 0 Å². The van der Waals surface area contributed by atoms with Crippen LogP contribution in [0.1, 0.15) is 24.0 Å². The molecule has 0 spiro atoms. The van der Waals surface area contributed by atoms with Crippen LogP contribution < -0.4 is 5.73 Å². The Morgan fingerprint density at radius 1 is 1.12 bits per heavy atom. The van der Waals surface area contributed by atoms with Gasteiger partial charge in [0.1, 0.15) is 6.04 Å². The van der Waals surface area contributed by atoms with Crippen molar-refractivity contribution in [1.29, 1.82) is 0 Å². The number of piperidine rings is 1. The highest BCUT2D eigenvalue weighted by molar-refractivity contribution is 5.89. The van der Waals surface area contributed by atoms with Crippen LogP contribution in [0.15, 0.2) is 36.9 Å². The molecule has 2 aliphatic heterocycles. The first kappa shape index (κ1) is 17.2. The third kappa shape index (κ3) is 3.43. The Balaban J connectivity index is 1.73. The Morgan fingerprint density at radius 2 is 1.76 bits per heavy atom. The van der Waals surface area contributed by atoms with Gasteiger partial charge in [-0.2, -0.15) is 0 Å². The average molecular weight is 341 g/mol. The number of benzene rings is 1. The van der Waals surface area contributed by atoms with Crippen molar-refractivity contribution in [2.75, 3.05) is 13.1 Å². The van der Waals surface area contributed by atoms with E-state index in [1.807, 2.05) is 24.3 Å². The fourth-order valence-corrected chi connectivity index (χ4v) is 3.72. The highest BCUT2D eigenvalue weighted by Crippen LogP contribution is 2.28. The van der Waals surface area contributed by atoms with Crippen molar-refractivity contribution in [3.8, 4) is 0 Å². The summed E-state index contributed by atoms with van der Waals surface area (Å²) in [4.78, 5) is 39.9. The monoisotopic (exact) mass is 341 g/mol. The minimum absolute atomic E-state index is 0.0380. The lowest BCUT2D eigenvalue weighted by molar-refractivity contribution is -0.146. The molecule has 1 fully saturated rings. The quantitative estimate of drug-likeness (QED) is 0.827. The molecule has 0 aliphatic carbocycles. The van der Waals surface area contributed by atoms with Crippen LogP contribution in [0.4, 0.5) is 0 Å². The van der Waals surface area contributed by atoms with Gasteiger partial charge in [-0.3, -0.25) is 14.4 Å². The standard InChI is InChI=1S/C19H23N3O3/c1-2-17(23)21-9-7-13(8-10-21)19(25)22-12-15-6-4-3-5-14(15)11-16(22)18(20)24/h2-6,13,16H,1,7-12H2,(H2,20,24)/t16-/m0/s1. The van der Waals surface area contributed by atoms with Gasteiger partial charge in [0.25, 0.3) is 0 Å². The summed E-state index contributed by atoms with van der Waals surface area (Å²) in [5, 5.41) is 0. The second kappa shape index (κ2) is 7.09. The van der Waals surface area contributed by atoms with E-state index in [2.05, 4.69) is 6.58 Å². The van der Waals surface area contributed by atoms with E-state index in [9.17, 15) is 14.4 Å². The van der Waals surface area contributed by atoms with Crippen molar-refractivity contribution in [2.24, 2.45) is 11.7 Å². The minimum Gasteiger partial charge on any atom is -0.368 e. The molecule has 25 heavy (non-hydrogen) atoms. The van der Waals surface area contributed by atoms with Gasteiger partial charge in [-0.05, 0) is 30.0 Å². The third-order valence-electron chi connectivity index (χ3n) is 5.19. The molecule has 0 unspecified atom stereocenters. The molecule has 6 heteroatoms. The van der Waals surface area contributed by atoms with E-state index in [0.717, 1.165) is 11.1 Å². The van der Waals surface area contributed by atoms with Crippen LogP contribution in [0, 0.1) is 5.92 Å². The lowest BCUT2D eigenvalue weighted by atomic mass is 9.89. The van der Waals surface area contributed by atoms with Crippen molar-refractivity contribution in [3.63, 3.8) is 0 Å². The lowest BCUT2D eigenvalue weighted by Crippen LogP contribution is -2.54. The zero-order chi connectivity index (χ0) is 18.0. The first-order valence-electron chi connectivity index (χ1n) is 8.59. The van der Waals surface area contributed by atoms with Gasteiger partial charge in [0.05, 0.1) is 0 Å². The normalized spacial score (nSPS) is 20.7. The van der Waals surface area contributed by atoms with E-state index >= 15 is 0 Å². The highest BCUT2D eigenvalue weighted by atomic mass is 16.2. The summed E-state index contributed by atoms with van der Waals surface area (Å²) in [6.07, 6.45) is 2.96. The van der Waals surface area contributed by atoms with Gasteiger partial charge in [0, 0.05) is 32.0 Å². The van der Waals surface area contributed by atoms with Gasteiger partial charge >= 0.3 is 0 Å². The molecule has 132 valence electrons. The fraction of sp³-hybridized carbons (Fsp3) is 0.421. The fourth-order valence-electron chi connectivity index (χ4n) is 3.72. The number of primary amides is 1. The van der Waals surface area contributed by atoms with E-state index < -0.39 is 11.9 Å². The molecule has 1 aromatic rings. The largest absolute Gasteiger partial charge is 0.368 e. The number of carbonyl (C=O) groups excluding carboxylic acids is 3. The number of fused-ring (bicyclic) bond motifs is 1. The maximum Gasteiger partial charge on any atom is 0.245 e. The molecule has 2 aliphatic rings. The topological polar surface area (TPSA) is 83.7 Å². The number of likely N-dealkylation sites (tertiary alicyclic amines) is 1. The molecule has 0 radical (unpaired) electrons. The van der Waals surface area contributed by atoms with E-state index in [1.54, 1.807) is 9.80 Å². The number of carbonyl (C=O) groups is 3. The van der Waals surface area contributed by atoms with Crippen molar-refractivity contribution in [2.45, 2.75) is 31.8 Å². The SMILES string of the molecule is C=CC(=O)N1CCC(C(=O)N2Cc3ccccc3C[C@H]2C(N)=O)CC1. The van der Waals surface area contributed by atoms with Gasteiger partial charge in [-0.1, -0.05) is 30.8 Å². The summed E-state index contributed by atoms with van der Waals surface area (Å²) in [5.74, 6) is -0.792. The van der Waals surface area contributed by atoms with Gasteiger partial charge < -0.3 is 15.5 Å². The second-order valence-corrected chi connectivity index (χ2v) is 6.66. The van der Waals surface area contributed by atoms with Gasteiger partial charge in [-0.15, -0.1) is 0 Å². The number of nitrogens with zero attached hydrogens (tertiary/aromatic N) is 2. The summed E-state index contributed by atoms with van der Waals surface area (Å²) in [6, 6.07) is 7.23. The molecule has 0 bridgehead atoms. The molecular formula is C19H23N3O3. The molecule has 3 rings (SSSR count). The zero-order valence-electron chi connectivity index (χ0n) is 14.2. The molecule has 2 heterocycles. The first-order valence-corrected chi connectivity index (χ1v) is 8.59. The number of amides is 3. The molecule has 3 amide bonds. The van der Waals surface area contributed by atoms with Crippen LogP contribution in [0.2, 0.25) is 0 Å². The average Bonchev–Trinajstić information content (AvgIpc) is 2.65. The molecule has 1 saturated heterocycles. The Kier molecular flexibility index (Phi) is 4.88. The van der Waals surface area contributed by atoms with Gasteiger partial charge in [0.15, 0.2) is 0 Å². The summed E-state index contributed by atoms with van der Waals surface area (Å²) in [7, 11) is 0. The molecule has 1 atom stereocenters. The van der Waals surface area contributed by atoms with Crippen LogP contribution in [0.3, 0.4) is 0 Å². The molecule has 0 saturated carbocycles. The summed E-state index contributed by atoms with van der Waals surface area (Å²) in [6.45, 7) is 4.98. The molecule has 6 nitrogen and oxygen atoms in total. The highest BCUT2D eigenvalue weighted by Gasteiger charge is 2.37. The number of hydrogen-bond acceptors (Lipinski definition) is 3. The van der Waals surface area contributed by atoms with E-state index in [0.29, 0.717) is 38.9 Å². The van der Waals surface area contributed by atoms with E-state index in [1.165, 1.54) is 6.08 Å². The number of rotatable bonds is 3. The Hall–Kier alpha value is -2.63. The van der Waals surface area contributed by atoms with Crippen molar-refractivity contribution in [3.05, 3.63) is 48.0 Å². The zero-order valence-corrected chi connectivity index (χ0v) is 14.2.